The van der Waals surface area contributed by atoms with E-state index in [-0.39, 0.29) is 6.04 Å². The molecule has 0 radical (unpaired) electrons. The summed E-state index contributed by atoms with van der Waals surface area (Å²) in [7, 11) is 3.50. The minimum Gasteiger partial charge on any atom is -0.381 e. The van der Waals surface area contributed by atoms with Crippen LogP contribution in [0, 0.1) is 6.92 Å². The van der Waals surface area contributed by atoms with Gasteiger partial charge in [0.2, 0.25) is 5.95 Å². The van der Waals surface area contributed by atoms with Gasteiger partial charge in [0.25, 0.3) is 0 Å². The molecule has 0 amide bonds. The Bertz CT molecular complexity index is 1460. The zero-order valence-electron chi connectivity index (χ0n) is 18.8. The fourth-order valence-electron chi connectivity index (χ4n) is 4.22. The first-order chi connectivity index (χ1) is 15.9. The van der Waals surface area contributed by atoms with Gasteiger partial charge in [0, 0.05) is 50.8 Å². The van der Waals surface area contributed by atoms with E-state index in [0.717, 1.165) is 22.5 Å². The number of aryl methyl sites for hydroxylation is 3. The van der Waals surface area contributed by atoms with Gasteiger partial charge in [-0.15, -0.1) is 0 Å². The van der Waals surface area contributed by atoms with Crippen molar-refractivity contribution in [3.8, 4) is 11.3 Å². The molecule has 10 nitrogen and oxygen atoms in total. The first-order valence-corrected chi connectivity index (χ1v) is 10.8. The van der Waals surface area contributed by atoms with Crippen LogP contribution >= 0.6 is 0 Å². The first kappa shape index (κ1) is 21.1. The van der Waals surface area contributed by atoms with E-state index in [1.807, 2.05) is 42.9 Å². The van der Waals surface area contributed by atoms with E-state index in [4.69, 9.17) is 4.74 Å². The highest BCUT2D eigenvalue weighted by Crippen LogP contribution is 2.26. The van der Waals surface area contributed by atoms with Gasteiger partial charge in [-0.2, -0.15) is 4.98 Å². The molecule has 1 fully saturated rings. The molecule has 10 heteroatoms. The van der Waals surface area contributed by atoms with Crippen LogP contribution in [-0.4, -0.2) is 41.9 Å². The molecule has 5 rings (SSSR count). The summed E-state index contributed by atoms with van der Waals surface area (Å²) in [6, 6.07) is 5.86. The van der Waals surface area contributed by atoms with E-state index >= 15 is 0 Å². The van der Waals surface area contributed by atoms with Crippen LogP contribution in [0.5, 0.6) is 0 Å². The fourth-order valence-corrected chi connectivity index (χ4v) is 4.22. The maximum Gasteiger partial charge on any atom is 0.318 e. The molecule has 0 unspecified atom stereocenters. The minimum absolute atomic E-state index is 0.134. The second-order valence-corrected chi connectivity index (χ2v) is 8.36. The van der Waals surface area contributed by atoms with Crippen LogP contribution in [0.4, 0.5) is 11.6 Å². The molecule has 3 aromatic heterocycles. The lowest BCUT2D eigenvalue weighted by atomic mass is 10.1. The molecule has 1 aromatic carbocycles. The number of fused-ring (bicyclic) bond motifs is 1. The molecule has 0 spiro atoms. The predicted octanol–water partition coefficient (Wildman–Crippen LogP) is 2.29. The number of hydrogen-bond acceptors (Lipinski definition) is 7. The summed E-state index contributed by atoms with van der Waals surface area (Å²) in [6.07, 6.45) is 6.63. The monoisotopic (exact) mass is 447 g/mol. The Labute approximate surface area is 189 Å². The predicted molar refractivity (Wildman–Crippen MR) is 125 cm³/mol. The van der Waals surface area contributed by atoms with Crippen molar-refractivity contribution < 1.29 is 4.74 Å². The molecule has 0 atom stereocenters. The zero-order chi connectivity index (χ0) is 23.1. The molecule has 0 aliphatic carbocycles. The van der Waals surface area contributed by atoms with Gasteiger partial charge < -0.3 is 19.2 Å². The molecule has 1 saturated heterocycles. The maximum atomic E-state index is 12.9. The van der Waals surface area contributed by atoms with E-state index in [9.17, 15) is 9.59 Å². The molecule has 33 heavy (non-hydrogen) atoms. The molecule has 1 N–H and O–H groups in total. The SMILES string of the molecule is Cc1cc(-c2cn(C)cn2)ccc1Nc1ncc2c(n1)n(C1CCOCC1)c(=O)c(=O)n2C. The minimum atomic E-state index is -0.584. The standard InChI is InChI=1S/C23H25N7O3/c1-14-10-15(18-12-28(2)13-25-18)4-5-17(14)26-23-24-11-19-20(27-23)30(16-6-8-33-9-7-16)22(32)21(31)29(19)3/h4-5,10-13,16H,6-9H2,1-3H3,(H,24,26,27). The topological polar surface area (TPSA) is 109 Å². The average Bonchev–Trinajstić information content (AvgIpc) is 3.26. The van der Waals surface area contributed by atoms with Gasteiger partial charge in [-0.05, 0) is 37.5 Å². The third kappa shape index (κ3) is 3.82. The van der Waals surface area contributed by atoms with E-state index in [2.05, 4.69) is 20.3 Å². The highest BCUT2D eigenvalue weighted by atomic mass is 16.5. The van der Waals surface area contributed by atoms with Gasteiger partial charge in [-0.3, -0.25) is 14.2 Å². The summed E-state index contributed by atoms with van der Waals surface area (Å²) >= 11 is 0. The molecule has 0 saturated carbocycles. The van der Waals surface area contributed by atoms with Gasteiger partial charge in [0.1, 0.15) is 5.52 Å². The summed E-state index contributed by atoms with van der Waals surface area (Å²) in [5.74, 6) is 0.357. The van der Waals surface area contributed by atoms with Crippen LogP contribution < -0.4 is 16.4 Å². The molecule has 4 heterocycles. The van der Waals surface area contributed by atoms with Crippen LogP contribution in [0.1, 0.15) is 24.4 Å². The number of ether oxygens (including phenoxy) is 1. The Hall–Kier alpha value is -3.79. The van der Waals surface area contributed by atoms with E-state index in [1.165, 1.54) is 9.13 Å². The zero-order valence-corrected chi connectivity index (χ0v) is 18.8. The van der Waals surface area contributed by atoms with Crippen LogP contribution in [0.25, 0.3) is 22.4 Å². The number of imidazole rings is 1. The number of benzene rings is 1. The van der Waals surface area contributed by atoms with E-state index in [1.54, 1.807) is 19.6 Å². The largest absolute Gasteiger partial charge is 0.381 e. The third-order valence-electron chi connectivity index (χ3n) is 6.08. The van der Waals surface area contributed by atoms with Gasteiger partial charge in [0.15, 0.2) is 5.65 Å². The molecular weight excluding hydrogens is 422 g/mol. The van der Waals surface area contributed by atoms with Crippen molar-refractivity contribution in [2.24, 2.45) is 14.1 Å². The number of nitrogens with zero attached hydrogens (tertiary/aromatic N) is 6. The van der Waals surface area contributed by atoms with Gasteiger partial charge in [-0.25, -0.2) is 9.97 Å². The Morgan fingerprint density at radius 1 is 1.09 bits per heavy atom. The highest BCUT2D eigenvalue weighted by Gasteiger charge is 2.23. The number of aromatic nitrogens is 6. The lowest BCUT2D eigenvalue weighted by Gasteiger charge is -2.25. The Morgan fingerprint density at radius 3 is 2.58 bits per heavy atom. The molecular formula is C23H25N7O3. The summed E-state index contributed by atoms with van der Waals surface area (Å²) in [4.78, 5) is 38.9. The molecule has 4 aromatic rings. The Kier molecular flexibility index (Phi) is 5.29. The van der Waals surface area contributed by atoms with Gasteiger partial charge >= 0.3 is 11.1 Å². The van der Waals surface area contributed by atoms with Crippen LogP contribution in [0.2, 0.25) is 0 Å². The number of rotatable bonds is 4. The summed E-state index contributed by atoms with van der Waals surface area (Å²) in [5, 5.41) is 3.26. The van der Waals surface area contributed by atoms with Crippen LogP contribution in [0.15, 0.2) is 46.5 Å². The Balaban J connectivity index is 1.55. The van der Waals surface area contributed by atoms with Crippen molar-refractivity contribution in [1.82, 2.24) is 28.7 Å². The molecule has 170 valence electrons. The van der Waals surface area contributed by atoms with Crippen LogP contribution in [0.3, 0.4) is 0 Å². The van der Waals surface area contributed by atoms with Crippen molar-refractivity contribution in [1.29, 1.82) is 0 Å². The van der Waals surface area contributed by atoms with Crippen molar-refractivity contribution in [2.45, 2.75) is 25.8 Å². The normalized spacial score (nSPS) is 14.6. The lowest BCUT2D eigenvalue weighted by molar-refractivity contribution is 0.0695. The van der Waals surface area contributed by atoms with Crippen molar-refractivity contribution >= 4 is 22.8 Å². The molecule has 0 bridgehead atoms. The summed E-state index contributed by atoms with van der Waals surface area (Å²) in [6.45, 7) is 3.09. The first-order valence-electron chi connectivity index (χ1n) is 10.8. The maximum absolute atomic E-state index is 12.9. The van der Waals surface area contributed by atoms with Crippen LogP contribution in [-0.2, 0) is 18.8 Å². The van der Waals surface area contributed by atoms with Crippen molar-refractivity contribution in [2.75, 3.05) is 18.5 Å². The number of anilines is 2. The summed E-state index contributed by atoms with van der Waals surface area (Å²) in [5.41, 5.74) is 3.56. The van der Waals surface area contributed by atoms with E-state index in [0.29, 0.717) is 43.2 Å². The third-order valence-corrected chi connectivity index (χ3v) is 6.08. The average molecular weight is 447 g/mol. The summed E-state index contributed by atoms with van der Waals surface area (Å²) < 4.78 is 10.2. The smallest absolute Gasteiger partial charge is 0.318 e. The molecule has 1 aliphatic heterocycles. The highest BCUT2D eigenvalue weighted by molar-refractivity contribution is 5.73. The van der Waals surface area contributed by atoms with E-state index < -0.39 is 11.1 Å². The van der Waals surface area contributed by atoms with Crippen molar-refractivity contribution in [3.05, 3.63) is 63.2 Å². The van der Waals surface area contributed by atoms with Gasteiger partial charge in [-0.1, -0.05) is 6.07 Å². The quantitative estimate of drug-likeness (QED) is 0.478. The molecule has 1 aliphatic rings. The number of nitrogens with one attached hydrogen (secondary N) is 1. The number of hydrogen-bond donors (Lipinski definition) is 1. The second-order valence-electron chi connectivity index (χ2n) is 8.36. The fraction of sp³-hybridized carbons (Fsp3) is 0.348. The lowest BCUT2D eigenvalue weighted by Crippen LogP contribution is -2.43. The van der Waals surface area contributed by atoms with Gasteiger partial charge in [0.05, 0.1) is 18.2 Å². The Morgan fingerprint density at radius 2 is 1.88 bits per heavy atom. The second kappa shape index (κ2) is 8.28. The van der Waals surface area contributed by atoms with Crippen molar-refractivity contribution in [3.63, 3.8) is 0 Å².